The van der Waals surface area contributed by atoms with Crippen molar-refractivity contribution in [2.24, 2.45) is 0 Å². The van der Waals surface area contributed by atoms with Crippen LogP contribution in [-0.2, 0) is 5.75 Å². The fourth-order valence-electron chi connectivity index (χ4n) is 1.89. The van der Waals surface area contributed by atoms with Crippen molar-refractivity contribution in [3.63, 3.8) is 0 Å². The van der Waals surface area contributed by atoms with Crippen LogP contribution < -0.4 is 5.32 Å². The van der Waals surface area contributed by atoms with Crippen molar-refractivity contribution in [2.45, 2.75) is 10.1 Å². The number of rotatable bonds is 5. The van der Waals surface area contributed by atoms with Crippen LogP contribution in [0.25, 0.3) is 0 Å². The van der Waals surface area contributed by atoms with Crippen molar-refractivity contribution in [2.75, 3.05) is 5.32 Å². The molecule has 9 heteroatoms. The Hall–Kier alpha value is -1.67. The van der Waals surface area contributed by atoms with E-state index < -0.39 is 5.82 Å². The van der Waals surface area contributed by atoms with Gasteiger partial charge in [0.05, 0.1) is 0 Å². The lowest BCUT2D eigenvalue weighted by Gasteiger charge is -2.04. The summed E-state index contributed by atoms with van der Waals surface area (Å²) in [6, 6.07) is 10.6. The van der Waals surface area contributed by atoms with Crippen LogP contribution in [0.2, 0.25) is 10.0 Å². The van der Waals surface area contributed by atoms with E-state index >= 15 is 0 Å². The van der Waals surface area contributed by atoms with Gasteiger partial charge in [-0.05, 0) is 42.0 Å². The molecule has 1 amide bonds. The molecule has 25 heavy (non-hydrogen) atoms. The molecule has 0 radical (unpaired) electrons. The highest BCUT2D eigenvalue weighted by Crippen LogP contribution is 2.33. The van der Waals surface area contributed by atoms with Crippen LogP contribution in [0.4, 0.5) is 9.52 Å². The lowest BCUT2D eigenvalue weighted by Crippen LogP contribution is -2.11. The molecule has 3 aromatic rings. The zero-order valence-corrected chi connectivity index (χ0v) is 15.6. The topological polar surface area (TPSA) is 54.9 Å². The lowest BCUT2D eigenvalue weighted by atomic mass is 10.2. The van der Waals surface area contributed by atoms with Crippen LogP contribution in [0.1, 0.15) is 15.9 Å². The summed E-state index contributed by atoms with van der Waals surface area (Å²) in [6.45, 7) is 0. The maximum Gasteiger partial charge on any atom is 0.257 e. The van der Waals surface area contributed by atoms with Gasteiger partial charge >= 0.3 is 0 Å². The van der Waals surface area contributed by atoms with Gasteiger partial charge in [0, 0.05) is 21.4 Å². The molecule has 0 aliphatic carbocycles. The Morgan fingerprint density at radius 3 is 2.48 bits per heavy atom. The van der Waals surface area contributed by atoms with Crippen LogP contribution >= 0.6 is 46.3 Å². The first-order chi connectivity index (χ1) is 12.0. The molecule has 0 saturated heterocycles. The summed E-state index contributed by atoms with van der Waals surface area (Å²) in [4.78, 5) is 12.1. The van der Waals surface area contributed by atoms with Crippen molar-refractivity contribution < 1.29 is 9.18 Å². The average Bonchev–Trinajstić information content (AvgIpc) is 3.02. The van der Waals surface area contributed by atoms with E-state index in [0.717, 1.165) is 5.56 Å². The van der Waals surface area contributed by atoms with Crippen LogP contribution in [0, 0.1) is 5.82 Å². The first kappa shape index (κ1) is 18.1. The van der Waals surface area contributed by atoms with E-state index in [0.29, 0.717) is 30.8 Å². The second-order valence-corrected chi connectivity index (χ2v) is 7.84. The maximum atomic E-state index is 12.9. The minimum absolute atomic E-state index is 0.341. The predicted molar refractivity (Wildman–Crippen MR) is 100 cm³/mol. The molecular weight excluding hydrogens is 404 g/mol. The molecule has 4 nitrogen and oxygen atoms in total. The Morgan fingerprint density at radius 1 is 1.12 bits per heavy atom. The van der Waals surface area contributed by atoms with Crippen LogP contribution in [0.3, 0.4) is 0 Å². The van der Waals surface area contributed by atoms with E-state index in [1.54, 1.807) is 18.2 Å². The Morgan fingerprint density at radius 2 is 1.80 bits per heavy atom. The van der Waals surface area contributed by atoms with Gasteiger partial charge in [-0.3, -0.25) is 10.1 Å². The second kappa shape index (κ2) is 8.14. The van der Waals surface area contributed by atoms with E-state index in [9.17, 15) is 9.18 Å². The summed E-state index contributed by atoms with van der Waals surface area (Å²) < 4.78 is 13.6. The summed E-state index contributed by atoms with van der Waals surface area (Å²) in [5.41, 5.74) is 1.16. The fourth-order valence-corrected chi connectivity index (χ4v) is 4.38. The standard InChI is InChI=1S/C16H10Cl2FN3OS2/c17-12-2-1-3-13(18)11(12)8-24-16-22-21-15(25-16)20-14(23)9-4-6-10(19)7-5-9/h1-7H,8H2,(H,20,21,23). The molecular formula is C16H10Cl2FN3OS2. The van der Waals surface area contributed by atoms with E-state index in [1.165, 1.54) is 47.4 Å². The minimum Gasteiger partial charge on any atom is -0.296 e. The molecule has 3 rings (SSSR count). The lowest BCUT2D eigenvalue weighted by molar-refractivity contribution is 0.102. The Balaban J connectivity index is 1.62. The number of hydrogen-bond donors (Lipinski definition) is 1. The van der Waals surface area contributed by atoms with Gasteiger partial charge in [0.2, 0.25) is 5.13 Å². The van der Waals surface area contributed by atoms with Gasteiger partial charge in [-0.1, -0.05) is 52.4 Å². The SMILES string of the molecule is O=C(Nc1nnc(SCc2c(Cl)cccc2Cl)s1)c1ccc(F)cc1. The van der Waals surface area contributed by atoms with E-state index in [2.05, 4.69) is 15.5 Å². The largest absolute Gasteiger partial charge is 0.296 e. The van der Waals surface area contributed by atoms with Crippen LogP contribution in [0.5, 0.6) is 0 Å². The van der Waals surface area contributed by atoms with Gasteiger partial charge in [-0.2, -0.15) is 0 Å². The third-order valence-corrected chi connectivity index (χ3v) is 5.84. The normalized spacial score (nSPS) is 10.7. The molecule has 0 atom stereocenters. The third-order valence-electron chi connectivity index (χ3n) is 3.14. The second-order valence-electron chi connectivity index (χ2n) is 4.82. The minimum atomic E-state index is -0.399. The number of nitrogens with zero attached hydrogens (tertiary/aromatic N) is 2. The number of carbonyl (C=O) groups is 1. The zero-order chi connectivity index (χ0) is 17.8. The van der Waals surface area contributed by atoms with Crippen molar-refractivity contribution in [3.8, 4) is 0 Å². The predicted octanol–water partition coefficient (Wildman–Crippen LogP) is 5.53. The quantitative estimate of drug-likeness (QED) is 0.441. The highest BCUT2D eigenvalue weighted by Gasteiger charge is 2.12. The fraction of sp³-hybridized carbons (Fsp3) is 0.0625. The van der Waals surface area contributed by atoms with Gasteiger partial charge in [-0.15, -0.1) is 10.2 Å². The summed E-state index contributed by atoms with van der Waals surface area (Å²) in [5.74, 6) is -0.231. The number of aromatic nitrogens is 2. The van der Waals surface area contributed by atoms with E-state index in [4.69, 9.17) is 23.2 Å². The number of carbonyl (C=O) groups excluding carboxylic acids is 1. The summed E-state index contributed by atoms with van der Waals surface area (Å²) in [6.07, 6.45) is 0. The summed E-state index contributed by atoms with van der Waals surface area (Å²) in [5, 5.41) is 12.1. The zero-order valence-electron chi connectivity index (χ0n) is 12.5. The van der Waals surface area contributed by atoms with Crippen molar-refractivity contribution >= 4 is 57.3 Å². The average molecular weight is 414 g/mol. The number of benzene rings is 2. The van der Waals surface area contributed by atoms with E-state index in [1.807, 2.05) is 0 Å². The van der Waals surface area contributed by atoms with Crippen molar-refractivity contribution in [1.82, 2.24) is 10.2 Å². The number of nitrogens with one attached hydrogen (secondary N) is 1. The number of anilines is 1. The summed E-state index contributed by atoms with van der Waals surface area (Å²) >= 11 is 14.9. The molecule has 128 valence electrons. The molecule has 1 N–H and O–H groups in total. The molecule has 0 aliphatic heterocycles. The van der Waals surface area contributed by atoms with Gasteiger partial charge in [0.1, 0.15) is 5.82 Å². The highest BCUT2D eigenvalue weighted by molar-refractivity contribution is 8.00. The molecule has 0 aliphatic rings. The Labute approximate surface area is 161 Å². The van der Waals surface area contributed by atoms with E-state index in [-0.39, 0.29) is 5.91 Å². The van der Waals surface area contributed by atoms with Gasteiger partial charge in [-0.25, -0.2) is 4.39 Å². The third kappa shape index (κ3) is 4.70. The van der Waals surface area contributed by atoms with Crippen LogP contribution in [0.15, 0.2) is 46.8 Å². The molecule has 0 saturated carbocycles. The maximum absolute atomic E-state index is 12.9. The molecule has 0 spiro atoms. The smallest absolute Gasteiger partial charge is 0.257 e. The molecule has 1 aromatic heterocycles. The molecule has 0 bridgehead atoms. The molecule has 0 unspecified atom stereocenters. The Bertz CT molecular complexity index is 882. The first-order valence-corrected chi connectivity index (χ1v) is 9.55. The van der Waals surface area contributed by atoms with Gasteiger partial charge in [0.15, 0.2) is 4.34 Å². The molecule has 2 aromatic carbocycles. The first-order valence-electron chi connectivity index (χ1n) is 6.99. The molecule has 1 heterocycles. The number of hydrogen-bond acceptors (Lipinski definition) is 5. The van der Waals surface area contributed by atoms with Gasteiger partial charge in [0.25, 0.3) is 5.91 Å². The number of halogens is 3. The van der Waals surface area contributed by atoms with Gasteiger partial charge < -0.3 is 0 Å². The molecule has 0 fully saturated rings. The van der Waals surface area contributed by atoms with Crippen molar-refractivity contribution in [1.29, 1.82) is 0 Å². The number of thioether (sulfide) groups is 1. The van der Waals surface area contributed by atoms with Crippen molar-refractivity contribution in [3.05, 3.63) is 69.5 Å². The van der Waals surface area contributed by atoms with Crippen LogP contribution in [-0.4, -0.2) is 16.1 Å². The number of amides is 1. The highest BCUT2D eigenvalue weighted by atomic mass is 35.5. The Kier molecular flexibility index (Phi) is 5.90. The summed E-state index contributed by atoms with van der Waals surface area (Å²) in [7, 11) is 0. The monoisotopic (exact) mass is 413 g/mol.